The molecule has 0 fully saturated rings. The Kier molecular flexibility index (Phi) is 5.38. The number of nitrogens with zero attached hydrogens (tertiary/aromatic N) is 1. The molecular weight excluding hydrogens is 280 g/mol. The molecule has 0 unspecified atom stereocenters. The smallest absolute Gasteiger partial charge is 0.262 e. The van der Waals surface area contributed by atoms with Gasteiger partial charge in [0.1, 0.15) is 11.5 Å². The molecule has 0 saturated carbocycles. The summed E-state index contributed by atoms with van der Waals surface area (Å²) in [5.74, 6) is 1.08. The van der Waals surface area contributed by atoms with E-state index >= 15 is 0 Å². The third kappa shape index (κ3) is 4.53. The monoisotopic (exact) mass is 296 g/mol. The quantitative estimate of drug-likeness (QED) is 0.889. The van der Waals surface area contributed by atoms with E-state index in [1.165, 1.54) is 0 Å². The molecule has 0 saturated heterocycles. The van der Waals surface area contributed by atoms with Gasteiger partial charge in [-0.3, -0.25) is 4.79 Å². The van der Waals surface area contributed by atoms with Gasteiger partial charge >= 0.3 is 0 Å². The molecule has 22 heavy (non-hydrogen) atoms. The van der Waals surface area contributed by atoms with Crippen molar-refractivity contribution >= 4 is 11.6 Å². The molecule has 0 spiro atoms. The maximum absolute atomic E-state index is 11.8. The number of carbonyl (C=O) groups excluding carboxylic acids is 1. The minimum Gasteiger partial charge on any atom is -0.497 e. The Labute approximate surface area is 129 Å². The molecule has 0 bridgehead atoms. The summed E-state index contributed by atoms with van der Waals surface area (Å²) in [6, 6.07) is 16.2. The Morgan fingerprint density at radius 1 is 1.09 bits per heavy atom. The molecule has 2 aromatic rings. The minimum absolute atomic E-state index is 0.0771. The summed E-state index contributed by atoms with van der Waals surface area (Å²) in [7, 11) is 1.59. The van der Waals surface area contributed by atoms with Crippen LogP contribution in [0, 0.1) is 11.3 Å². The molecule has 0 aliphatic heterocycles. The predicted molar refractivity (Wildman–Crippen MR) is 82.9 cm³/mol. The van der Waals surface area contributed by atoms with E-state index in [1.807, 2.05) is 12.1 Å². The highest BCUT2D eigenvalue weighted by atomic mass is 16.5. The maximum Gasteiger partial charge on any atom is 0.262 e. The third-order valence-electron chi connectivity index (χ3n) is 2.95. The average molecular weight is 296 g/mol. The minimum atomic E-state index is -0.246. The van der Waals surface area contributed by atoms with Gasteiger partial charge in [0, 0.05) is 5.69 Å². The number of methoxy groups -OCH3 is 1. The van der Waals surface area contributed by atoms with E-state index in [1.54, 1.807) is 43.5 Å². The van der Waals surface area contributed by atoms with Gasteiger partial charge in [0.05, 0.1) is 19.6 Å². The van der Waals surface area contributed by atoms with Crippen LogP contribution in [0.4, 0.5) is 5.69 Å². The number of benzene rings is 2. The van der Waals surface area contributed by atoms with Crippen LogP contribution in [0.25, 0.3) is 0 Å². The van der Waals surface area contributed by atoms with Crippen LogP contribution in [0.3, 0.4) is 0 Å². The molecule has 0 atom stereocenters. The van der Waals surface area contributed by atoms with Crippen LogP contribution in [-0.2, 0) is 11.2 Å². The first-order chi connectivity index (χ1) is 10.7. The van der Waals surface area contributed by atoms with Crippen molar-refractivity contribution in [2.75, 3.05) is 19.0 Å². The standard InChI is InChI=1S/C17H16N2O3/c1-21-15-6-8-16(9-7-15)22-12-17(20)19-14-4-2-13(3-5-14)10-11-18/h2-9H,10,12H2,1H3,(H,19,20). The van der Waals surface area contributed by atoms with Crippen molar-refractivity contribution in [1.82, 2.24) is 0 Å². The Hall–Kier alpha value is -3.00. The second-order valence-electron chi connectivity index (χ2n) is 4.54. The Morgan fingerprint density at radius 3 is 2.32 bits per heavy atom. The first-order valence-electron chi connectivity index (χ1n) is 6.74. The van der Waals surface area contributed by atoms with E-state index in [0.29, 0.717) is 17.9 Å². The van der Waals surface area contributed by atoms with Crippen LogP contribution < -0.4 is 14.8 Å². The molecule has 2 aromatic carbocycles. The number of amides is 1. The summed E-state index contributed by atoms with van der Waals surface area (Å²) < 4.78 is 10.4. The average Bonchev–Trinajstić information content (AvgIpc) is 2.55. The van der Waals surface area contributed by atoms with Gasteiger partial charge in [0.2, 0.25) is 0 Å². The van der Waals surface area contributed by atoms with Gasteiger partial charge in [-0.1, -0.05) is 12.1 Å². The number of anilines is 1. The third-order valence-corrected chi connectivity index (χ3v) is 2.95. The van der Waals surface area contributed by atoms with Gasteiger partial charge in [-0.25, -0.2) is 0 Å². The summed E-state index contributed by atoms with van der Waals surface area (Å²) in [6.07, 6.45) is 0.356. The number of nitrogens with one attached hydrogen (secondary N) is 1. The number of carbonyl (C=O) groups is 1. The van der Waals surface area contributed by atoms with Crippen LogP contribution in [0.1, 0.15) is 5.56 Å². The van der Waals surface area contributed by atoms with E-state index in [4.69, 9.17) is 14.7 Å². The lowest BCUT2D eigenvalue weighted by molar-refractivity contribution is -0.118. The molecule has 0 aromatic heterocycles. The molecular formula is C17H16N2O3. The number of nitriles is 1. The molecule has 0 aliphatic carbocycles. The van der Waals surface area contributed by atoms with Crippen LogP contribution in [-0.4, -0.2) is 19.6 Å². The normalized spacial score (nSPS) is 9.64. The number of hydrogen-bond donors (Lipinski definition) is 1. The Morgan fingerprint density at radius 2 is 1.73 bits per heavy atom. The molecule has 0 radical (unpaired) electrons. The molecule has 0 heterocycles. The molecule has 5 heteroatoms. The van der Waals surface area contributed by atoms with Gasteiger partial charge < -0.3 is 14.8 Å². The van der Waals surface area contributed by atoms with E-state index in [9.17, 15) is 4.79 Å². The lowest BCUT2D eigenvalue weighted by Gasteiger charge is -2.08. The molecule has 1 N–H and O–H groups in total. The van der Waals surface area contributed by atoms with E-state index in [2.05, 4.69) is 11.4 Å². The van der Waals surface area contributed by atoms with E-state index in [0.717, 1.165) is 11.3 Å². The van der Waals surface area contributed by atoms with Crippen molar-refractivity contribution in [3.63, 3.8) is 0 Å². The van der Waals surface area contributed by atoms with E-state index < -0.39 is 0 Å². The number of hydrogen-bond acceptors (Lipinski definition) is 4. The molecule has 1 amide bonds. The molecule has 2 rings (SSSR count). The second-order valence-corrected chi connectivity index (χ2v) is 4.54. The Balaban J connectivity index is 1.83. The van der Waals surface area contributed by atoms with Gasteiger partial charge in [0.15, 0.2) is 6.61 Å². The SMILES string of the molecule is COc1ccc(OCC(=O)Nc2ccc(CC#N)cc2)cc1. The first-order valence-corrected chi connectivity index (χ1v) is 6.74. The highest BCUT2D eigenvalue weighted by molar-refractivity contribution is 5.91. The summed E-state index contributed by atoms with van der Waals surface area (Å²) in [5, 5.41) is 11.3. The fourth-order valence-corrected chi connectivity index (χ4v) is 1.82. The zero-order valence-corrected chi connectivity index (χ0v) is 12.2. The largest absolute Gasteiger partial charge is 0.497 e. The van der Waals surface area contributed by atoms with Crippen molar-refractivity contribution in [2.24, 2.45) is 0 Å². The summed E-state index contributed by atoms with van der Waals surface area (Å²) in [6.45, 7) is -0.0771. The van der Waals surface area contributed by atoms with Crippen molar-refractivity contribution in [3.8, 4) is 17.6 Å². The van der Waals surface area contributed by atoms with Crippen LogP contribution in [0.2, 0.25) is 0 Å². The fraction of sp³-hybridized carbons (Fsp3) is 0.176. The molecule has 5 nitrogen and oxygen atoms in total. The van der Waals surface area contributed by atoms with Crippen molar-refractivity contribution < 1.29 is 14.3 Å². The first kappa shape index (κ1) is 15.4. The van der Waals surface area contributed by atoms with Crippen LogP contribution in [0.5, 0.6) is 11.5 Å². The van der Waals surface area contributed by atoms with E-state index in [-0.39, 0.29) is 12.5 Å². The van der Waals surface area contributed by atoms with Crippen molar-refractivity contribution in [3.05, 3.63) is 54.1 Å². The van der Waals surface area contributed by atoms with Crippen LogP contribution in [0.15, 0.2) is 48.5 Å². The zero-order chi connectivity index (χ0) is 15.8. The molecule has 0 aliphatic rings. The molecule has 112 valence electrons. The zero-order valence-electron chi connectivity index (χ0n) is 12.2. The topological polar surface area (TPSA) is 71.3 Å². The second kappa shape index (κ2) is 7.70. The predicted octanol–water partition coefficient (Wildman–Crippen LogP) is 2.78. The summed E-state index contributed by atoms with van der Waals surface area (Å²) in [4.78, 5) is 11.8. The summed E-state index contributed by atoms with van der Waals surface area (Å²) in [5.41, 5.74) is 1.58. The number of rotatable bonds is 6. The maximum atomic E-state index is 11.8. The Bertz CT molecular complexity index is 658. The van der Waals surface area contributed by atoms with Gasteiger partial charge in [-0.15, -0.1) is 0 Å². The van der Waals surface area contributed by atoms with Crippen molar-refractivity contribution in [1.29, 1.82) is 5.26 Å². The van der Waals surface area contributed by atoms with Gasteiger partial charge in [-0.2, -0.15) is 5.26 Å². The fourth-order valence-electron chi connectivity index (χ4n) is 1.82. The lowest BCUT2D eigenvalue weighted by atomic mass is 10.1. The summed E-state index contributed by atoms with van der Waals surface area (Å²) >= 11 is 0. The highest BCUT2D eigenvalue weighted by Gasteiger charge is 2.04. The highest BCUT2D eigenvalue weighted by Crippen LogP contribution is 2.17. The lowest BCUT2D eigenvalue weighted by Crippen LogP contribution is -2.20. The van der Waals surface area contributed by atoms with Crippen LogP contribution >= 0.6 is 0 Å². The van der Waals surface area contributed by atoms with Crippen molar-refractivity contribution in [2.45, 2.75) is 6.42 Å². The van der Waals surface area contributed by atoms with Gasteiger partial charge in [0.25, 0.3) is 5.91 Å². The number of ether oxygens (including phenoxy) is 2. The van der Waals surface area contributed by atoms with Gasteiger partial charge in [-0.05, 0) is 42.0 Å².